The summed E-state index contributed by atoms with van der Waals surface area (Å²) in [6.07, 6.45) is -2.64. The van der Waals surface area contributed by atoms with E-state index in [2.05, 4.69) is 5.11 Å². The molecule has 0 aromatic heterocycles. The lowest BCUT2D eigenvalue weighted by molar-refractivity contribution is 0.151. The molecule has 0 bridgehead atoms. The molecule has 0 aliphatic carbocycles. The summed E-state index contributed by atoms with van der Waals surface area (Å²) < 4.78 is 24.6. The van der Waals surface area contributed by atoms with Gasteiger partial charge in [-0.05, 0) is 18.2 Å². The van der Waals surface area contributed by atoms with E-state index in [1.54, 1.807) is 0 Å². The predicted octanol–water partition coefficient (Wildman–Crippen LogP) is 2.56. The van der Waals surface area contributed by atoms with Crippen LogP contribution in [0.2, 0.25) is 0 Å². The van der Waals surface area contributed by atoms with Crippen LogP contribution in [-0.2, 0) is 0 Å². The summed E-state index contributed by atoms with van der Waals surface area (Å²) in [6.45, 7) is 0. The fourth-order valence-corrected chi connectivity index (χ4v) is 1.00. The normalized spacial score (nSPS) is 10.2. The summed E-state index contributed by atoms with van der Waals surface area (Å²) in [5.74, 6) is -0.390. The molecule has 4 N–H and O–H groups in total. The molecule has 74 valence electrons. The van der Waals surface area contributed by atoms with Gasteiger partial charge in [0.1, 0.15) is 0 Å². The van der Waals surface area contributed by atoms with Crippen LogP contribution in [-0.4, -0.2) is 5.84 Å². The van der Waals surface area contributed by atoms with Crippen molar-refractivity contribution in [1.82, 2.24) is 0 Å². The van der Waals surface area contributed by atoms with Gasteiger partial charge in [0.05, 0.1) is 0 Å². The second-order valence-corrected chi connectivity index (χ2v) is 2.65. The molecule has 1 rings (SSSR count). The van der Waals surface area contributed by atoms with Crippen LogP contribution in [0.5, 0.6) is 0 Å². The highest BCUT2D eigenvalue weighted by molar-refractivity contribution is 5.97. The Morgan fingerprint density at radius 1 is 1.36 bits per heavy atom. The van der Waals surface area contributed by atoms with Gasteiger partial charge in [0.2, 0.25) is 0 Å². The molecule has 6 heteroatoms. The highest BCUT2D eigenvalue weighted by Gasteiger charge is 2.10. The third-order valence-electron chi connectivity index (χ3n) is 1.61. The second-order valence-electron chi connectivity index (χ2n) is 2.65. The molecule has 0 heterocycles. The number of nitrogens with zero attached hydrogens (tertiary/aromatic N) is 1. The highest BCUT2D eigenvalue weighted by Crippen LogP contribution is 2.23. The number of rotatable bonds is 2. The van der Waals surface area contributed by atoms with E-state index in [0.717, 1.165) is 12.1 Å². The number of halogens is 2. The molecule has 1 aromatic carbocycles. The van der Waals surface area contributed by atoms with E-state index in [-0.39, 0.29) is 22.6 Å². The molecule has 0 aliphatic rings. The lowest BCUT2D eigenvalue weighted by atomic mass is 10.1. The minimum Gasteiger partial charge on any atom is -0.399 e. The molecule has 0 amide bonds. The molecular weight excluding hydrogens is 190 g/mol. The fourth-order valence-electron chi connectivity index (χ4n) is 1.00. The van der Waals surface area contributed by atoms with Crippen molar-refractivity contribution in [2.24, 2.45) is 5.11 Å². The van der Waals surface area contributed by atoms with Crippen molar-refractivity contribution in [2.75, 3.05) is 5.73 Å². The van der Waals surface area contributed by atoms with E-state index in [1.807, 2.05) is 0 Å². The van der Waals surface area contributed by atoms with Crippen LogP contribution >= 0.6 is 0 Å². The zero-order valence-corrected chi connectivity index (χ0v) is 7.09. The van der Waals surface area contributed by atoms with E-state index >= 15 is 0 Å². The van der Waals surface area contributed by atoms with Gasteiger partial charge >= 0.3 is 0 Å². The Bertz CT molecular complexity index is 376. The van der Waals surface area contributed by atoms with Gasteiger partial charge in [0, 0.05) is 16.8 Å². The number of hydrogen-bond acceptors (Lipinski definition) is 3. The first kappa shape index (κ1) is 10.2. The van der Waals surface area contributed by atoms with E-state index in [0.29, 0.717) is 0 Å². The minimum atomic E-state index is -2.64. The van der Waals surface area contributed by atoms with Crippen molar-refractivity contribution in [3.8, 4) is 0 Å². The molecule has 0 unspecified atom stereocenters. The lowest BCUT2D eigenvalue weighted by Crippen LogP contribution is -1.98. The topological polar surface area (TPSA) is 86.1 Å². The van der Waals surface area contributed by atoms with Gasteiger partial charge in [-0.25, -0.2) is 14.3 Å². The van der Waals surface area contributed by atoms with Crippen LogP contribution in [0.15, 0.2) is 23.3 Å². The summed E-state index contributed by atoms with van der Waals surface area (Å²) in [5, 5.41) is 9.99. The minimum absolute atomic E-state index is 0.121. The smallest absolute Gasteiger partial charge is 0.263 e. The average Bonchev–Trinajstić information content (AvgIpc) is 2.15. The third kappa shape index (κ3) is 2.09. The fraction of sp³-hybridized carbons (Fsp3) is 0.125. The molecule has 0 aliphatic heterocycles. The molecular formula is C8H8F2N4. The quantitative estimate of drug-likeness (QED) is 0.290. The summed E-state index contributed by atoms with van der Waals surface area (Å²) in [6, 6.07) is 3.55. The third-order valence-corrected chi connectivity index (χ3v) is 1.61. The maximum absolute atomic E-state index is 12.3. The van der Waals surface area contributed by atoms with Crippen molar-refractivity contribution < 1.29 is 8.78 Å². The second kappa shape index (κ2) is 3.91. The average molecular weight is 198 g/mol. The number of alkyl halides is 2. The van der Waals surface area contributed by atoms with Gasteiger partial charge < -0.3 is 5.73 Å². The van der Waals surface area contributed by atoms with Crippen LogP contribution in [0.1, 0.15) is 17.6 Å². The molecule has 14 heavy (non-hydrogen) atoms. The summed E-state index contributed by atoms with van der Waals surface area (Å²) in [7, 11) is 0. The van der Waals surface area contributed by atoms with Crippen molar-refractivity contribution in [2.45, 2.75) is 6.43 Å². The molecule has 0 radical (unpaired) electrons. The highest BCUT2D eigenvalue weighted by atomic mass is 19.3. The summed E-state index contributed by atoms with van der Waals surface area (Å²) >= 11 is 0. The van der Waals surface area contributed by atoms with Crippen LogP contribution < -0.4 is 5.73 Å². The van der Waals surface area contributed by atoms with Crippen molar-refractivity contribution >= 4 is 11.5 Å². The number of amidine groups is 1. The first-order valence-corrected chi connectivity index (χ1v) is 3.69. The number of nitrogens with two attached hydrogens (primary N) is 1. The van der Waals surface area contributed by atoms with Gasteiger partial charge in [0.25, 0.3) is 6.43 Å². The Hall–Kier alpha value is -1.85. The van der Waals surface area contributed by atoms with E-state index in [1.165, 1.54) is 6.07 Å². The predicted molar refractivity (Wildman–Crippen MR) is 47.8 cm³/mol. The monoisotopic (exact) mass is 198 g/mol. The number of nitrogen functional groups attached to an aromatic ring is 1. The largest absolute Gasteiger partial charge is 0.399 e. The van der Waals surface area contributed by atoms with Gasteiger partial charge in [-0.1, -0.05) is 0 Å². The molecule has 0 spiro atoms. The Morgan fingerprint density at radius 3 is 2.50 bits per heavy atom. The van der Waals surface area contributed by atoms with Crippen LogP contribution in [0, 0.1) is 10.9 Å². The van der Waals surface area contributed by atoms with Crippen LogP contribution in [0.25, 0.3) is 0 Å². The SMILES string of the molecule is N=NC(=N)c1cc(N)cc(C(F)F)c1. The first-order valence-electron chi connectivity index (χ1n) is 3.69. The van der Waals surface area contributed by atoms with Crippen LogP contribution in [0.3, 0.4) is 0 Å². The van der Waals surface area contributed by atoms with Gasteiger partial charge in [-0.15, -0.1) is 5.11 Å². The van der Waals surface area contributed by atoms with Gasteiger partial charge in [-0.2, -0.15) is 0 Å². The number of hydrogen-bond donors (Lipinski definition) is 3. The number of anilines is 1. The number of nitrogens with one attached hydrogen (secondary N) is 2. The lowest BCUT2D eigenvalue weighted by Gasteiger charge is -2.04. The molecule has 4 nitrogen and oxygen atoms in total. The van der Waals surface area contributed by atoms with E-state index in [9.17, 15) is 8.78 Å². The molecule has 1 aromatic rings. The maximum Gasteiger partial charge on any atom is 0.263 e. The van der Waals surface area contributed by atoms with Gasteiger partial charge in [0.15, 0.2) is 5.84 Å². The maximum atomic E-state index is 12.3. The summed E-state index contributed by atoms with van der Waals surface area (Å²) in [4.78, 5) is 0. The zero-order valence-electron chi connectivity index (χ0n) is 7.09. The summed E-state index contributed by atoms with van der Waals surface area (Å²) in [5.41, 5.74) is 11.9. The molecule has 0 fully saturated rings. The Labute approximate surface area is 78.8 Å². The van der Waals surface area contributed by atoms with Crippen molar-refractivity contribution in [3.05, 3.63) is 29.3 Å². The van der Waals surface area contributed by atoms with Crippen molar-refractivity contribution in [3.63, 3.8) is 0 Å². The standard InChI is InChI=1S/C8H8F2N4/c9-7(10)4-1-5(8(12)14-13)3-6(11)2-4/h1-3,7,12-13H,11H2. The Kier molecular flexibility index (Phi) is 2.85. The van der Waals surface area contributed by atoms with Gasteiger partial charge in [-0.3, -0.25) is 5.41 Å². The van der Waals surface area contributed by atoms with Crippen molar-refractivity contribution in [1.29, 1.82) is 10.9 Å². The van der Waals surface area contributed by atoms with Crippen LogP contribution in [0.4, 0.5) is 14.5 Å². The molecule has 0 saturated carbocycles. The van der Waals surface area contributed by atoms with E-state index < -0.39 is 6.43 Å². The Balaban J connectivity index is 3.19. The molecule has 0 saturated heterocycles. The zero-order chi connectivity index (χ0) is 10.7. The van der Waals surface area contributed by atoms with E-state index in [4.69, 9.17) is 16.7 Å². The first-order chi connectivity index (χ1) is 6.54. The molecule has 0 atom stereocenters. The number of benzene rings is 1. The Morgan fingerprint density at radius 2 is 2.00 bits per heavy atom.